The van der Waals surface area contributed by atoms with Crippen LogP contribution in [0.2, 0.25) is 0 Å². The molecule has 1 heterocycles. The first-order valence-corrected chi connectivity index (χ1v) is 6.60. The van der Waals surface area contributed by atoms with Gasteiger partial charge in [-0.15, -0.1) is 0 Å². The summed E-state index contributed by atoms with van der Waals surface area (Å²) in [5.41, 5.74) is 2.19. The Labute approximate surface area is 118 Å². The molecule has 0 saturated heterocycles. The molecular weight excluding hydrogens is 254 g/mol. The van der Waals surface area contributed by atoms with Crippen LogP contribution in [0.5, 0.6) is 5.75 Å². The molecule has 20 heavy (non-hydrogen) atoms. The topological polar surface area (TPSA) is 51.5 Å². The average Bonchev–Trinajstić information content (AvgIpc) is 2.92. The summed E-state index contributed by atoms with van der Waals surface area (Å²) in [5.74, 6) is 1.29. The Morgan fingerprint density at radius 2 is 2.15 bits per heavy atom. The van der Waals surface area contributed by atoms with Crippen molar-refractivity contribution in [3.8, 4) is 5.75 Å². The first-order chi connectivity index (χ1) is 9.56. The average molecular weight is 273 g/mol. The molecule has 0 aliphatic rings. The standard InChI is InChI=1S/C16H19NO3/c1-11-6-7-15(12(2)9-11)20-13(3)16(18)17-10-14-5-4-8-19-14/h4-9,13H,10H2,1-3H3,(H,17,18)/t13-/m1/s1. The Hall–Kier alpha value is -2.23. The summed E-state index contributed by atoms with van der Waals surface area (Å²) >= 11 is 0. The molecule has 4 nitrogen and oxygen atoms in total. The Morgan fingerprint density at radius 3 is 2.80 bits per heavy atom. The lowest BCUT2D eigenvalue weighted by molar-refractivity contribution is -0.127. The van der Waals surface area contributed by atoms with Crippen LogP contribution >= 0.6 is 0 Å². The van der Waals surface area contributed by atoms with E-state index in [0.717, 1.165) is 17.1 Å². The van der Waals surface area contributed by atoms with Crippen LogP contribution < -0.4 is 10.1 Å². The van der Waals surface area contributed by atoms with Crippen LogP contribution in [0.25, 0.3) is 0 Å². The summed E-state index contributed by atoms with van der Waals surface area (Å²) in [4.78, 5) is 11.9. The van der Waals surface area contributed by atoms with E-state index in [1.807, 2.05) is 38.1 Å². The second-order valence-corrected chi connectivity index (χ2v) is 4.83. The van der Waals surface area contributed by atoms with Crippen molar-refractivity contribution in [2.24, 2.45) is 0 Å². The van der Waals surface area contributed by atoms with Gasteiger partial charge in [-0.05, 0) is 44.5 Å². The molecule has 0 radical (unpaired) electrons. The van der Waals surface area contributed by atoms with Crippen molar-refractivity contribution in [2.75, 3.05) is 0 Å². The van der Waals surface area contributed by atoms with Crippen LogP contribution in [0, 0.1) is 13.8 Å². The molecule has 1 atom stereocenters. The van der Waals surface area contributed by atoms with Crippen LogP contribution in [0.4, 0.5) is 0 Å². The van der Waals surface area contributed by atoms with Gasteiger partial charge in [-0.2, -0.15) is 0 Å². The first kappa shape index (κ1) is 14.2. The smallest absolute Gasteiger partial charge is 0.261 e. The van der Waals surface area contributed by atoms with Gasteiger partial charge in [-0.25, -0.2) is 0 Å². The first-order valence-electron chi connectivity index (χ1n) is 6.60. The van der Waals surface area contributed by atoms with Crippen molar-refractivity contribution in [1.29, 1.82) is 0 Å². The van der Waals surface area contributed by atoms with E-state index in [9.17, 15) is 4.79 Å². The third-order valence-corrected chi connectivity index (χ3v) is 3.02. The Morgan fingerprint density at radius 1 is 1.35 bits per heavy atom. The normalized spacial score (nSPS) is 11.9. The van der Waals surface area contributed by atoms with Crippen LogP contribution in [0.3, 0.4) is 0 Å². The summed E-state index contributed by atoms with van der Waals surface area (Å²) < 4.78 is 10.8. The molecule has 2 aromatic rings. The number of amides is 1. The number of aryl methyl sites for hydroxylation is 2. The van der Waals surface area contributed by atoms with E-state index in [1.165, 1.54) is 5.56 Å². The van der Waals surface area contributed by atoms with Gasteiger partial charge >= 0.3 is 0 Å². The minimum absolute atomic E-state index is 0.165. The van der Waals surface area contributed by atoms with Gasteiger partial charge in [0.25, 0.3) is 5.91 Å². The van der Waals surface area contributed by atoms with E-state index in [0.29, 0.717) is 6.54 Å². The quantitative estimate of drug-likeness (QED) is 0.911. The predicted octanol–water partition coefficient (Wildman–Crippen LogP) is 2.98. The summed E-state index contributed by atoms with van der Waals surface area (Å²) in [7, 11) is 0. The van der Waals surface area contributed by atoms with Crippen LogP contribution in [0.1, 0.15) is 23.8 Å². The number of benzene rings is 1. The highest BCUT2D eigenvalue weighted by molar-refractivity contribution is 5.80. The van der Waals surface area contributed by atoms with E-state index in [-0.39, 0.29) is 5.91 Å². The Bertz CT molecular complexity index is 575. The summed E-state index contributed by atoms with van der Waals surface area (Å²) in [6.07, 6.45) is 1.03. The summed E-state index contributed by atoms with van der Waals surface area (Å²) in [5, 5.41) is 2.78. The lowest BCUT2D eigenvalue weighted by atomic mass is 10.1. The maximum atomic E-state index is 11.9. The highest BCUT2D eigenvalue weighted by Crippen LogP contribution is 2.20. The van der Waals surface area contributed by atoms with Crippen molar-refractivity contribution in [3.05, 3.63) is 53.5 Å². The zero-order chi connectivity index (χ0) is 14.5. The Kier molecular flexibility index (Phi) is 4.45. The molecule has 1 aromatic heterocycles. The minimum Gasteiger partial charge on any atom is -0.481 e. The van der Waals surface area contributed by atoms with E-state index >= 15 is 0 Å². The molecule has 0 aliphatic carbocycles. The van der Waals surface area contributed by atoms with Gasteiger partial charge in [0.15, 0.2) is 6.10 Å². The number of furan rings is 1. The SMILES string of the molecule is Cc1ccc(O[C@H](C)C(=O)NCc2ccco2)c(C)c1. The van der Waals surface area contributed by atoms with Gasteiger partial charge in [0.05, 0.1) is 12.8 Å². The van der Waals surface area contributed by atoms with Gasteiger partial charge in [-0.1, -0.05) is 17.7 Å². The summed E-state index contributed by atoms with van der Waals surface area (Å²) in [6.45, 7) is 6.09. The van der Waals surface area contributed by atoms with Gasteiger partial charge in [0, 0.05) is 0 Å². The van der Waals surface area contributed by atoms with Gasteiger partial charge in [-0.3, -0.25) is 4.79 Å². The number of carbonyl (C=O) groups excluding carboxylic acids is 1. The fourth-order valence-corrected chi connectivity index (χ4v) is 1.91. The molecular formula is C16H19NO3. The largest absolute Gasteiger partial charge is 0.481 e. The van der Waals surface area contributed by atoms with E-state index in [1.54, 1.807) is 19.3 Å². The highest BCUT2D eigenvalue weighted by atomic mass is 16.5. The fourth-order valence-electron chi connectivity index (χ4n) is 1.91. The molecule has 0 saturated carbocycles. The predicted molar refractivity (Wildman–Crippen MR) is 76.6 cm³/mol. The molecule has 0 bridgehead atoms. The fraction of sp³-hybridized carbons (Fsp3) is 0.312. The Balaban J connectivity index is 1.90. The number of rotatable bonds is 5. The molecule has 0 spiro atoms. The van der Waals surface area contributed by atoms with E-state index in [2.05, 4.69) is 5.32 Å². The minimum atomic E-state index is -0.550. The van der Waals surface area contributed by atoms with E-state index in [4.69, 9.17) is 9.15 Å². The van der Waals surface area contributed by atoms with Gasteiger partial charge in [0.1, 0.15) is 11.5 Å². The molecule has 4 heteroatoms. The zero-order valence-corrected chi connectivity index (χ0v) is 12.0. The number of hydrogen-bond donors (Lipinski definition) is 1. The third kappa shape index (κ3) is 3.63. The van der Waals surface area contributed by atoms with Crippen molar-refractivity contribution < 1.29 is 13.9 Å². The van der Waals surface area contributed by atoms with Gasteiger partial charge in [0.2, 0.25) is 0 Å². The second kappa shape index (κ2) is 6.28. The van der Waals surface area contributed by atoms with Crippen LogP contribution in [-0.2, 0) is 11.3 Å². The number of carbonyl (C=O) groups is 1. The molecule has 0 aliphatic heterocycles. The number of hydrogen-bond acceptors (Lipinski definition) is 3. The van der Waals surface area contributed by atoms with Crippen molar-refractivity contribution in [3.63, 3.8) is 0 Å². The van der Waals surface area contributed by atoms with Crippen molar-refractivity contribution in [1.82, 2.24) is 5.32 Å². The van der Waals surface area contributed by atoms with Gasteiger partial charge < -0.3 is 14.5 Å². The molecule has 0 unspecified atom stereocenters. The third-order valence-electron chi connectivity index (χ3n) is 3.02. The molecule has 0 fully saturated rings. The van der Waals surface area contributed by atoms with Crippen molar-refractivity contribution in [2.45, 2.75) is 33.4 Å². The number of nitrogens with one attached hydrogen (secondary N) is 1. The van der Waals surface area contributed by atoms with Crippen LogP contribution in [0.15, 0.2) is 41.0 Å². The summed E-state index contributed by atoms with van der Waals surface area (Å²) in [6, 6.07) is 9.49. The monoisotopic (exact) mass is 273 g/mol. The van der Waals surface area contributed by atoms with Crippen LogP contribution in [-0.4, -0.2) is 12.0 Å². The lowest BCUT2D eigenvalue weighted by Crippen LogP contribution is -2.35. The van der Waals surface area contributed by atoms with E-state index < -0.39 is 6.10 Å². The second-order valence-electron chi connectivity index (χ2n) is 4.83. The zero-order valence-electron chi connectivity index (χ0n) is 12.0. The lowest BCUT2D eigenvalue weighted by Gasteiger charge is -2.16. The van der Waals surface area contributed by atoms with Crippen molar-refractivity contribution >= 4 is 5.91 Å². The molecule has 1 aromatic carbocycles. The molecule has 2 rings (SSSR count). The molecule has 1 N–H and O–H groups in total. The number of ether oxygens (including phenoxy) is 1. The molecule has 1 amide bonds. The maximum absolute atomic E-state index is 11.9. The highest BCUT2D eigenvalue weighted by Gasteiger charge is 2.15. The molecule has 106 valence electrons. The maximum Gasteiger partial charge on any atom is 0.261 e.